The third-order valence-corrected chi connectivity index (χ3v) is 13.5. The zero-order chi connectivity index (χ0) is 47.4. The molecule has 0 aromatic heterocycles. The molecule has 0 saturated carbocycles. The Morgan fingerprint density at radius 1 is 0.485 bits per heavy atom. The molecule has 4 aromatic carbocycles. The van der Waals surface area contributed by atoms with Crippen LogP contribution < -0.4 is 37.9 Å². The molecule has 14 nitrogen and oxygen atoms in total. The smallest absolute Gasteiger partial charge is 0.331 e. The summed E-state index contributed by atoms with van der Waals surface area (Å²) in [6, 6.07) is 20.6. The van der Waals surface area contributed by atoms with E-state index < -0.39 is 11.9 Å². The number of esters is 2. The minimum Gasteiger partial charge on any atom is -0.493 e. The Hall–Kier alpha value is -6.12. The molecule has 0 unspecified atom stereocenters. The number of carbonyl (C=O) groups excluding carboxylic acids is 2. The lowest BCUT2D eigenvalue weighted by atomic mass is 9.86. The molecule has 356 valence electrons. The summed E-state index contributed by atoms with van der Waals surface area (Å²) in [6.45, 7) is 3.69. The minimum absolute atomic E-state index is 0.0726. The molecule has 0 fully saturated rings. The van der Waals surface area contributed by atoms with Crippen LogP contribution in [0, 0.1) is 0 Å². The lowest BCUT2D eigenvalue weighted by molar-refractivity contribution is -0.941. The van der Waals surface area contributed by atoms with Crippen molar-refractivity contribution in [2.75, 3.05) is 110 Å². The maximum absolute atomic E-state index is 12.8. The summed E-state index contributed by atoms with van der Waals surface area (Å²) in [5, 5.41) is 0. The van der Waals surface area contributed by atoms with E-state index in [1.807, 2.05) is 24.3 Å². The number of hydrogen-bond acceptors (Lipinski definition) is 12. The van der Waals surface area contributed by atoms with E-state index in [-0.39, 0.29) is 25.3 Å². The van der Waals surface area contributed by atoms with Crippen molar-refractivity contribution in [2.45, 2.75) is 50.6 Å². The molecule has 4 aromatic rings. The number of carbonyl (C=O) groups is 2. The standard InChI is InChI=1S/C52H68N2O12/c1-53(23-19-37-31-47(61-7)49(63-9)33-39(37)41(53)27-35-13-15-43(57-3)45(29-35)59-5)21-11-25-65-51(55)17-18-52(56)66-26-12-22-54(2)24-20-38-32-48(62-8)50(64-10)34-40(38)42(54)28-36-14-16-44(58-4)46(30-36)60-6/h13-18,29-34,41-42H,11-12,19-28H2,1-10H3/q+2/b18-17+/t41-,42-,53-,54+/m1/s1. The quantitative estimate of drug-likeness (QED) is 0.0337. The first-order valence-corrected chi connectivity index (χ1v) is 22.5. The zero-order valence-electron chi connectivity index (χ0n) is 40.4. The third kappa shape index (κ3) is 11.3. The van der Waals surface area contributed by atoms with Crippen molar-refractivity contribution < 1.29 is 65.9 Å². The second-order valence-electron chi connectivity index (χ2n) is 17.4. The van der Waals surface area contributed by atoms with Crippen LogP contribution in [0.15, 0.2) is 72.8 Å². The first-order valence-electron chi connectivity index (χ1n) is 22.5. The Kier molecular flexibility index (Phi) is 16.7. The van der Waals surface area contributed by atoms with E-state index in [1.54, 1.807) is 56.9 Å². The van der Waals surface area contributed by atoms with Crippen molar-refractivity contribution in [1.29, 1.82) is 0 Å². The number of likely N-dealkylation sites (N-methyl/N-ethyl adjacent to an activating group) is 2. The van der Waals surface area contributed by atoms with E-state index in [4.69, 9.17) is 47.4 Å². The van der Waals surface area contributed by atoms with Crippen LogP contribution in [-0.4, -0.2) is 131 Å². The monoisotopic (exact) mass is 912 g/mol. The molecule has 0 saturated heterocycles. The summed E-state index contributed by atoms with van der Waals surface area (Å²) < 4.78 is 57.7. The van der Waals surface area contributed by atoms with Crippen LogP contribution in [0.2, 0.25) is 0 Å². The molecule has 0 spiro atoms. The zero-order valence-corrected chi connectivity index (χ0v) is 40.4. The predicted molar refractivity (Wildman–Crippen MR) is 251 cm³/mol. The van der Waals surface area contributed by atoms with E-state index in [1.165, 1.54) is 22.3 Å². The maximum atomic E-state index is 12.8. The van der Waals surface area contributed by atoms with Crippen LogP contribution in [0.4, 0.5) is 0 Å². The third-order valence-electron chi connectivity index (χ3n) is 13.5. The van der Waals surface area contributed by atoms with Crippen LogP contribution in [0.3, 0.4) is 0 Å². The van der Waals surface area contributed by atoms with Gasteiger partial charge in [0.25, 0.3) is 0 Å². The van der Waals surface area contributed by atoms with Gasteiger partial charge in [0.15, 0.2) is 46.0 Å². The molecule has 14 heteroatoms. The summed E-state index contributed by atoms with van der Waals surface area (Å²) >= 11 is 0. The highest BCUT2D eigenvalue weighted by Gasteiger charge is 2.41. The second-order valence-corrected chi connectivity index (χ2v) is 17.4. The molecule has 0 bridgehead atoms. The van der Waals surface area contributed by atoms with Crippen molar-refractivity contribution in [3.05, 3.63) is 106 Å². The number of benzene rings is 4. The van der Waals surface area contributed by atoms with Gasteiger partial charge in [0.1, 0.15) is 12.1 Å². The number of methoxy groups -OCH3 is 8. The van der Waals surface area contributed by atoms with Crippen molar-refractivity contribution in [3.63, 3.8) is 0 Å². The summed E-state index contributed by atoms with van der Waals surface area (Å²) in [4.78, 5) is 25.6. The van der Waals surface area contributed by atoms with Crippen molar-refractivity contribution >= 4 is 11.9 Å². The van der Waals surface area contributed by atoms with E-state index in [2.05, 4.69) is 50.5 Å². The highest BCUT2D eigenvalue weighted by atomic mass is 16.5. The molecule has 6 rings (SSSR count). The Bertz CT molecular complexity index is 2190. The van der Waals surface area contributed by atoms with Gasteiger partial charge in [-0.15, -0.1) is 0 Å². The van der Waals surface area contributed by atoms with Crippen LogP contribution in [-0.2, 0) is 44.7 Å². The lowest BCUT2D eigenvalue weighted by Gasteiger charge is -2.46. The van der Waals surface area contributed by atoms with Crippen molar-refractivity contribution in [1.82, 2.24) is 0 Å². The summed E-state index contributed by atoms with van der Waals surface area (Å²) in [6.07, 6.45) is 6.73. The molecule has 2 heterocycles. The SMILES string of the molecule is COc1ccc(C[C@@H]2c3cc(OC)c(OC)cc3CC[N@+]2(C)CCCOC(=O)/C=C/C(=O)OCCC[N@+]2(C)CCc3cc(OC)c(OC)cc3[C@H]2Cc2ccc(OC)c(OC)c2)cc1OC. The van der Waals surface area contributed by atoms with Gasteiger partial charge >= 0.3 is 11.9 Å². The summed E-state index contributed by atoms with van der Waals surface area (Å²) in [5.74, 6) is 4.31. The first kappa shape index (κ1) is 49.3. The molecule has 2 aliphatic rings. The highest BCUT2D eigenvalue weighted by molar-refractivity contribution is 5.91. The summed E-state index contributed by atoms with van der Waals surface area (Å²) in [7, 11) is 17.7. The van der Waals surface area contributed by atoms with E-state index in [0.29, 0.717) is 58.8 Å². The van der Waals surface area contributed by atoms with E-state index in [9.17, 15) is 9.59 Å². The van der Waals surface area contributed by atoms with Gasteiger partial charge in [-0.3, -0.25) is 0 Å². The van der Waals surface area contributed by atoms with Gasteiger partial charge in [0.2, 0.25) is 0 Å². The molecule has 0 N–H and O–H groups in total. The van der Waals surface area contributed by atoms with Crippen molar-refractivity contribution in [2.24, 2.45) is 0 Å². The fourth-order valence-corrected chi connectivity index (χ4v) is 9.75. The number of fused-ring (bicyclic) bond motifs is 2. The van der Waals surface area contributed by atoms with E-state index >= 15 is 0 Å². The molecule has 2 aliphatic heterocycles. The Morgan fingerprint density at radius 3 is 1.17 bits per heavy atom. The Morgan fingerprint density at radius 2 is 0.818 bits per heavy atom. The number of hydrogen-bond donors (Lipinski definition) is 0. The molecular weight excluding hydrogens is 845 g/mol. The topological polar surface area (TPSA) is 126 Å². The first-order chi connectivity index (χ1) is 31.9. The van der Waals surface area contributed by atoms with Gasteiger partial charge in [0, 0.05) is 61.8 Å². The van der Waals surface area contributed by atoms with Gasteiger partial charge in [-0.1, -0.05) is 12.1 Å². The number of quaternary nitrogens is 2. The van der Waals surface area contributed by atoms with Gasteiger partial charge < -0.3 is 56.3 Å². The molecule has 4 atom stereocenters. The molecule has 0 radical (unpaired) electrons. The van der Waals surface area contributed by atoms with Gasteiger partial charge in [0.05, 0.1) is 110 Å². The van der Waals surface area contributed by atoms with Crippen LogP contribution in [0.5, 0.6) is 46.0 Å². The van der Waals surface area contributed by atoms with E-state index in [0.717, 1.165) is 84.1 Å². The van der Waals surface area contributed by atoms with Gasteiger partial charge in [-0.05, 0) is 70.8 Å². The number of rotatable bonds is 22. The minimum atomic E-state index is -0.590. The number of nitrogens with zero attached hydrogens (tertiary/aromatic N) is 2. The Labute approximate surface area is 390 Å². The van der Waals surface area contributed by atoms with Crippen LogP contribution >= 0.6 is 0 Å². The normalized spacial score (nSPS) is 19.8. The average molecular weight is 913 g/mol. The number of ether oxygens (including phenoxy) is 10. The van der Waals surface area contributed by atoms with Gasteiger partial charge in [-0.2, -0.15) is 0 Å². The van der Waals surface area contributed by atoms with Crippen LogP contribution in [0.1, 0.15) is 58.3 Å². The molecule has 66 heavy (non-hydrogen) atoms. The Balaban J connectivity index is 1.04. The summed E-state index contributed by atoms with van der Waals surface area (Å²) in [5.41, 5.74) is 7.06. The predicted octanol–water partition coefficient (Wildman–Crippen LogP) is 7.45. The largest absolute Gasteiger partial charge is 0.493 e. The van der Waals surface area contributed by atoms with Crippen LogP contribution in [0.25, 0.3) is 0 Å². The fourth-order valence-electron chi connectivity index (χ4n) is 9.75. The second kappa shape index (κ2) is 22.4. The molecular formula is C52H68N2O12+2. The molecule has 0 amide bonds. The molecule has 0 aliphatic carbocycles. The van der Waals surface area contributed by atoms with Gasteiger partial charge in [-0.25, -0.2) is 9.59 Å². The average Bonchev–Trinajstić information content (AvgIpc) is 3.34. The van der Waals surface area contributed by atoms with Crippen molar-refractivity contribution in [3.8, 4) is 46.0 Å². The highest BCUT2D eigenvalue weighted by Crippen LogP contribution is 2.45. The fraction of sp³-hybridized carbons (Fsp3) is 0.462. The maximum Gasteiger partial charge on any atom is 0.331 e. The lowest BCUT2D eigenvalue weighted by Crippen LogP contribution is -2.52.